The lowest BCUT2D eigenvalue weighted by Crippen LogP contribution is -2.30. The second-order valence-corrected chi connectivity index (χ2v) is 6.11. The van der Waals surface area contributed by atoms with Gasteiger partial charge >= 0.3 is 0 Å². The number of benzene rings is 1. The van der Waals surface area contributed by atoms with Crippen LogP contribution in [0.25, 0.3) is 11.0 Å². The number of fused-ring (bicyclic) bond motifs is 1. The highest BCUT2D eigenvalue weighted by Gasteiger charge is 2.17. The van der Waals surface area contributed by atoms with Crippen molar-refractivity contribution in [3.63, 3.8) is 0 Å². The third kappa shape index (κ3) is 3.69. The largest absolute Gasteiger partial charge is 0.467 e. The van der Waals surface area contributed by atoms with E-state index in [2.05, 4.69) is 9.97 Å². The van der Waals surface area contributed by atoms with E-state index in [1.54, 1.807) is 17.4 Å². The molecule has 0 aliphatic carbocycles. The SMILES string of the molecule is O=C(CCc1nc2ccccc2[nH]1)N(Cc1ccco1)Cc1ccco1. The lowest BCUT2D eigenvalue weighted by molar-refractivity contribution is -0.133. The minimum Gasteiger partial charge on any atom is -0.467 e. The topological polar surface area (TPSA) is 75.3 Å². The predicted molar refractivity (Wildman–Crippen MR) is 96.1 cm³/mol. The number of para-hydroxylation sites is 2. The summed E-state index contributed by atoms with van der Waals surface area (Å²) in [5.41, 5.74) is 1.90. The molecule has 0 saturated heterocycles. The van der Waals surface area contributed by atoms with Gasteiger partial charge in [-0.05, 0) is 36.4 Å². The van der Waals surface area contributed by atoms with E-state index < -0.39 is 0 Å². The zero-order valence-corrected chi connectivity index (χ0v) is 14.2. The highest BCUT2D eigenvalue weighted by molar-refractivity contribution is 5.77. The number of imidazole rings is 1. The van der Waals surface area contributed by atoms with Gasteiger partial charge in [0.2, 0.25) is 5.91 Å². The third-order valence-electron chi connectivity index (χ3n) is 4.22. The number of hydrogen-bond donors (Lipinski definition) is 1. The van der Waals surface area contributed by atoms with Crippen molar-refractivity contribution in [3.05, 3.63) is 78.4 Å². The summed E-state index contributed by atoms with van der Waals surface area (Å²) in [5.74, 6) is 2.33. The van der Waals surface area contributed by atoms with Crippen LogP contribution < -0.4 is 0 Å². The molecular formula is C20H19N3O3. The molecule has 0 spiro atoms. The Kier molecular flexibility index (Phi) is 4.55. The van der Waals surface area contributed by atoms with Crippen LogP contribution in [0, 0.1) is 0 Å². The first-order chi connectivity index (χ1) is 12.8. The van der Waals surface area contributed by atoms with Gasteiger partial charge in [0.1, 0.15) is 17.3 Å². The molecule has 6 heteroatoms. The molecule has 3 aromatic heterocycles. The second-order valence-electron chi connectivity index (χ2n) is 6.11. The number of rotatable bonds is 7. The zero-order valence-electron chi connectivity index (χ0n) is 14.2. The highest BCUT2D eigenvalue weighted by Crippen LogP contribution is 2.15. The van der Waals surface area contributed by atoms with Gasteiger partial charge in [-0.1, -0.05) is 12.1 Å². The number of nitrogens with zero attached hydrogens (tertiary/aromatic N) is 2. The molecule has 0 aliphatic heterocycles. The number of aromatic amines is 1. The Bertz CT molecular complexity index is 902. The number of aromatic nitrogens is 2. The average Bonchev–Trinajstić information content (AvgIpc) is 3.40. The molecule has 0 saturated carbocycles. The molecule has 0 unspecified atom stereocenters. The number of nitrogens with one attached hydrogen (secondary N) is 1. The first-order valence-electron chi connectivity index (χ1n) is 8.54. The summed E-state index contributed by atoms with van der Waals surface area (Å²) in [6.45, 7) is 0.819. The van der Waals surface area contributed by atoms with E-state index in [1.165, 1.54) is 0 Å². The van der Waals surface area contributed by atoms with Crippen molar-refractivity contribution in [1.82, 2.24) is 14.9 Å². The maximum atomic E-state index is 12.8. The molecule has 1 aromatic carbocycles. The molecule has 1 amide bonds. The van der Waals surface area contributed by atoms with E-state index in [4.69, 9.17) is 8.83 Å². The number of carbonyl (C=O) groups excluding carboxylic acids is 1. The van der Waals surface area contributed by atoms with Crippen molar-refractivity contribution in [1.29, 1.82) is 0 Å². The Morgan fingerprint density at radius 3 is 2.27 bits per heavy atom. The summed E-state index contributed by atoms with van der Waals surface area (Å²) in [6.07, 6.45) is 4.14. The molecule has 26 heavy (non-hydrogen) atoms. The quantitative estimate of drug-likeness (QED) is 0.549. The number of hydrogen-bond acceptors (Lipinski definition) is 4. The van der Waals surface area contributed by atoms with Gasteiger partial charge in [0.25, 0.3) is 0 Å². The van der Waals surface area contributed by atoms with Crippen molar-refractivity contribution in [2.45, 2.75) is 25.9 Å². The molecule has 0 fully saturated rings. The third-order valence-corrected chi connectivity index (χ3v) is 4.22. The number of amides is 1. The van der Waals surface area contributed by atoms with Crippen molar-refractivity contribution >= 4 is 16.9 Å². The van der Waals surface area contributed by atoms with Crippen LogP contribution in [0.1, 0.15) is 23.8 Å². The fraction of sp³-hybridized carbons (Fsp3) is 0.200. The minimum atomic E-state index is 0.0262. The van der Waals surface area contributed by atoms with Gasteiger partial charge in [0.15, 0.2) is 0 Å². The molecule has 1 N–H and O–H groups in total. The van der Waals surface area contributed by atoms with E-state index in [1.807, 2.05) is 48.5 Å². The van der Waals surface area contributed by atoms with Crippen LogP contribution in [0.15, 0.2) is 69.9 Å². The fourth-order valence-electron chi connectivity index (χ4n) is 2.92. The molecule has 132 valence electrons. The number of aryl methyl sites for hydroxylation is 1. The Labute approximate surface area is 150 Å². The summed E-state index contributed by atoms with van der Waals surface area (Å²) >= 11 is 0. The molecule has 0 radical (unpaired) electrons. The molecule has 3 heterocycles. The van der Waals surface area contributed by atoms with E-state index >= 15 is 0 Å². The number of carbonyl (C=O) groups is 1. The Morgan fingerprint density at radius 1 is 0.962 bits per heavy atom. The summed E-state index contributed by atoms with van der Waals surface area (Å²) < 4.78 is 10.8. The monoisotopic (exact) mass is 349 g/mol. The molecule has 4 aromatic rings. The Balaban J connectivity index is 1.44. The first-order valence-corrected chi connectivity index (χ1v) is 8.54. The van der Waals surface area contributed by atoms with Crippen LogP contribution in [-0.4, -0.2) is 20.8 Å². The predicted octanol–water partition coefficient (Wildman–Crippen LogP) is 3.91. The van der Waals surface area contributed by atoms with Crippen molar-refractivity contribution in [3.8, 4) is 0 Å². The summed E-state index contributed by atoms with van der Waals surface area (Å²) in [5, 5.41) is 0. The normalized spacial score (nSPS) is 11.1. The van der Waals surface area contributed by atoms with Gasteiger partial charge in [-0.15, -0.1) is 0 Å². The van der Waals surface area contributed by atoms with Gasteiger partial charge in [0.05, 0.1) is 36.6 Å². The zero-order chi connectivity index (χ0) is 17.8. The van der Waals surface area contributed by atoms with Crippen LogP contribution in [-0.2, 0) is 24.3 Å². The second kappa shape index (κ2) is 7.31. The van der Waals surface area contributed by atoms with Crippen molar-refractivity contribution < 1.29 is 13.6 Å². The van der Waals surface area contributed by atoms with E-state index in [0.717, 1.165) is 28.4 Å². The van der Waals surface area contributed by atoms with Crippen LogP contribution in [0.4, 0.5) is 0 Å². The molecule has 0 bridgehead atoms. The molecule has 0 atom stereocenters. The Hall–Kier alpha value is -3.28. The van der Waals surface area contributed by atoms with Crippen LogP contribution in [0.5, 0.6) is 0 Å². The van der Waals surface area contributed by atoms with Crippen molar-refractivity contribution in [2.75, 3.05) is 0 Å². The summed E-state index contributed by atoms with van der Waals surface area (Å²) in [4.78, 5) is 22.3. The van der Waals surface area contributed by atoms with Gasteiger partial charge in [0, 0.05) is 12.8 Å². The van der Waals surface area contributed by atoms with Gasteiger partial charge < -0.3 is 18.7 Å². The first kappa shape index (κ1) is 16.2. The lowest BCUT2D eigenvalue weighted by Gasteiger charge is -2.20. The average molecular weight is 349 g/mol. The maximum Gasteiger partial charge on any atom is 0.223 e. The lowest BCUT2D eigenvalue weighted by atomic mass is 10.2. The molecule has 4 rings (SSSR count). The van der Waals surface area contributed by atoms with Gasteiger partial charge in [-0.25, -0.2) is 4.98 Å². The number of furan rings is 2. The van der Waals surface area contributed by atoms with Gasteiger partial charge in [-0.2, -0.15) is 0 Å². The van der Waals surface area contributed by atoms with Crippen molar-refractivity contribution in [2.24, 2.45) is 0 Å². The smallest absolute Gasteiger partial charge is 0.223 e. The standard InChI is InChI=1S/C20H19N3O3/c24-20(10-9-19-21-17-7-1-2-8-18(17)22-19)23(13-15-5-3-11-25-15)14-16-6-4-12-26-16/h1-8,11-12H,9-10,13-14H2,(H,21,22). The summed E-state index contributed by atoms with van der Waals surface area (Å²) in [7, 11) is 0. The van der Waals surface area contributed by atoms with Crippen LogP contribution in [0.3, 0.4) is 0 Å². The number of H-pyrrole nitrogens is 1. The highest BCUT2D eigenvalue weighted by atomic mass is 16.3. The molecule has 6 nitrogen and oxygen atoms in total. The molecular weight excluding hydrogens is 330 g/mol. The van der Waals surface area contributed by atoms with E-state index in [-0.39, 0.29) is 5.91 Å². The fourth-order valence-corrected chi connectivity index (χ4v) is 2.92. The summed E-state index contributed by atoms with van der Waals surface area (Å²) in [6, 6.07) is 15.2. The minimum absolute atomic E-state index is 0.0262. The van der Waals surface area contributed by atoms with Gasteiger partial charge in [-0.3, -0.25) is 4.79 Å². The Morgan fingerprint density at radius 2 is 1.65 bits per heavy atom. The van der Waals surface area contributed by atoms with E-state index in [0.29, 0.717) is 25.9 Å². The van der Waals surface area contributed by atoms with Crippen LogP contribution >= 0.6 is 0 Å². The molecule has 0 aliphatic rings. The van der Waals surface area contributed by atoms with Crippen LogP contribution in [0.2, 0.25) is 0 Å². The van der Waals surface area contributed by atoms with E-state index in [9.17, 15) is 4.79 Å². The maximum absolute atomic E-state index is 12.8.